The molecule has 18 heteroatoms. The molecule has 0 unspecified atom stereocenters. The number of nitrogens with zero attached hydrogens (tertiary/aromatic N) is 13. The minimum absolute atomic E-state index is 0. The number of para-hydroxylation sites is 4. The maximum Gasteiger partial charge on any atom is 0.247 e. The molecular weight excluding hydrogens is 1840 g/mol. The minimum atomic E-state index is 0. The van der Waals surface area contributed by atoms with Gasteiger partial charge in [-0.2, -0.15) is 11.2 Å². The van der Waals surface area contributed by atoms with Crippen LogP contribution in [-0.4, -0.2) is 54.5 Å². The first-order valence-electron chi connectivity index (χ1n) is 39.3. The van der Waals surface area contributed by atoms with Crippen LogP contribution in [0, 0.1) is 19.2 Å². The largest absolute Gasteiger partial charge is 0.423 e. The zero-order valence-corrected chi connectivity index (χ0v) is 71.9. The Morgan fingerprint density at radius 1 is 0.282 bits per heavy atom. The van der Waals surface area contributed by atoms with Crippen LogP contribution in [0.15, 0.2) is 445 Å². The van der Waals surface area contributed by atoms with Crippen molar-refractivity contribution in [3.8, 4) is 152 Å². The van der Waals surface area contributed by atoms with Gasteiger partial charge in [0, 0.05) is 95.9 Å². The summed E-state index contributed by atoms with van der Waals surface area (Å²) in [6.45, 7) is 14.7. The van der Waals surface area contributed by atoms with Crippen LogP contribution in [0.1, 0.15) is 0 Å². The zero-order valence-electron chi connectivity index (χ0n) is 66.4. The van der Waals surface area contributed by atoms with Gasteiger partial charge in [0.25, 0.3) is 0 Å². The van der Waals surface area contributed by atoms with Crippen molar-refractivity contribution in [2.75, 3.05) is 5.73 Å². The van der Waals surface area contributed by atoms with Gasteiger partial charge in [-0.25, -0.2) is 4.85 Å². The number of halogens is 2. The molecule has 4 heterocycles. The molecule has 0 saturated carbocycles. The van der Waals surface area contributed by atoms with E-state index in [2.05, 4.69) is 299 Å². The summed E-state index contributed by atoms with van der Waals surface area (Å²) in [6.07, 6.45) is 6.58. The molecule has 0 aliphatic heterocycles. The predicted molar refractivity (Wildman–Crippen MR) is 501 cm³/mol. The van der Waals surface area contributed by atoms with E-state index in [1.807, 2.05) is 185 Å². The van der Waals surface area contributed by atoms with E-state index in [0.29, 0.717) is 28.9 Å². The van der Waals surface area contributed by atoms with Crippen molar-refractivity contribution >= 4 is 48.9 Å². The van der Waals surface area contributed by atoms with Crippen molar-refractivity contribution in [3.05, 3.63) is 470 Å². The maximum absolute atomic E-state index is 7.36. The Kier molecular flexibility index (Phi) is 27.6. The van der Waals surface area contributed by atoms with Crippen LogP contribution in [0.25, 0.3) is 161 Å². The van der Waals surface area contributed by atoms with Crippen LogP contribution in [0.5, 0.6) is 0 Å². The van der Waals surface area contributed by atoms with Crippen molar-refractivity contribution < 1.29 is 24.5 Å². The SMILES string of the molecule is Brc1cccc(-c2nncn2-c2c(-c3ccccc3)cccc2-c2ccccc2)c1.Brc1cccc(-c2nnco2)c1.Nc1c(-c2ccccc2)cccc1-c1ccccc1.[C-]#[N+]c1cc[c-]c(-c2nncn2-c2c(-c3ccccc3)cccc2-c2ccccc2)c1.[C-]#[N+]c1cccc(-c2nncn2-c2c(-c3ccccc3)cccc2-c2ccccc2)c1.[Ir]. The van der Waals surface area contributed by atoms with Crippen molar-refractivity contribution in [2.45, 2.75) is 0 Å². The molecule has 2 N–H and O–H groups in total. The minimum Gasteiger partial charge on any atom is -0.423 e. The van der Waals surface area contributed by atoms with E-state index in [1.54, 1.807) is 43.2 Å². The Bertz CT molecular complexity index is 6540. The van der Waals surface area contributed by atoms with E-state index in [4.69, 9.17) is 23.3 Å². The number of anilines is 1. The summed E-state index contributed by atoms with van der Waals surface area (Å²) in [7, 11) is 0. The van der Waals surface area contributed by atoms with E-state index in [9.17, 15) is 0 Å². The number of nitrogen functional groups attached to an aromatic ring is 1. The van der Waals surface area contributed by atoms with Gasteiger partial charge in [-0.05, 0) is 80.9 Å². The van der Waals surface area contributed by atoms with Gasteiger partial charge in [0.05, 0.1) is 36.0 Å². The second-order valence-electron chi connectivity index (χ2n) is 27.9. The Morgan fingerprint density at radius 3 is 0.903 bits per heavy atom. The van der Waals surface area contributed by atoms with Gasteiger partial charge in [-0.15, -0.1) is 59.5 Å². The van der Waals surface area contributed by atoms with Crippen LogP contribution in [0.4, 0.5) is 17.1 Å². The first kappa shape index (κ1) is 83.5. The summed E-state index contributed by atoms with van der Waals surface area (Å²) in [5.74, 6) is 2.69. The molecule has 15 nitrogen and oxygen atoms in total. The quantitative estimate of drug-likeness (QED) is 0.0771. The molecule has 4 aromatic heterocycles. The number of nitrogens with two attached hydrogens (primary N) is 1. The van der Waals surface area contributed by atoms with Crippen LogP contribution >= 0.6 is 31.9 Å². The first-order chi connectivity index (χ1) is 60.7. The van der Waals surface area contributed by atoms with Crippen LogP contribution in [0.2, 0.25) is 0 Å². The monoisotopic (exact) mass is 1910 g/mol. The normalized spacial score (nSPS) is 10.5. The van der Waals surface area contributed by atoms with Gasteiger partial charge >= 0.3 is 0 Å². The summed E-state index contributed by atoms with van der Waals surface area (Å²) >= 11 is 6.93. The van der Waals surface area contributed by atoms with Gasteiger partial charge in [0.1, 0.15) is 24.7 Å². The summed E-state index contributed by atoms with van der Waals surface area (Å²) in [5.41, 5.74) is 32.7. The average molecular weight is 1910 g/mol. The Balaban J connectivity index is 0.000000123. The van der Waals surface area contributed by atoms with E-state index in [-0.39, 0.29) is 20.1 Å². The third-order valence-corrected chi connectivity index (χ3v) is 21.1. The summed E-state index contributed by atoms with van der Waals surface area (Å²) in [6, 6.07) is 140. The number of benzene rings is 16. The molecule has 0 bridgehead atoms. The Hall–Kier alpha value is -15.5. The summed E-state index contributed by atoms with van der Waals surface area (Å²) in [5, 5.41) is 33.4. The van der Waals surface area contributed by atoms with Gasteiger partial charge in [0.2, 0.25) is 12.3 Å². The van der Waals surface area contributed by atoms with Crippen LogP contribution in [0.3, 0.4) is 0 Å². The standard InChI is InChI=1S/C27H18N4.C27H17N4.C26H18BrN3.C18H15N.C8H5BrN2O.Ir/c2*1-28-23-15-8-14-22(18-23)27-30-29-19-31(27)26-24(20-10-4-2-5-11-20)16-9-17-25(26)21-12-6-3-7-13-21;27-22-14-7-13-21(17-22)26-29-28-18-30(26)25-23(19-9-3-1-4-10-19)15-8-16-24(25)20-11-5-2-6-12-20;19-18-16(14-8-3-1-4-9-14)12-7-13-17(18)15-10-5-2-6-11-15;9-7-3-1-2-6(4-7)8-11-10-5-12-8;/h2-19H;2-13,15-19H;1-18H;1-13H,19H2;1-5H;/q;-1;;;;. The van der Waals surface area contributed by atoms with Gasteiger partial charge in [-0.1, -0.05) is 384 Å². The molecule has 0 saturated heterocycles. The number of aromatic nitrogens is 11. The Morgan fingerprint density at radius 2 is 0.565 bits per heavy atom. The molecular formula is C106H73Br2IrN14O-. The molecule has 20 rings (SSSR count). The molecule has 124 heavy (non-hydrogen) atoms. The topological polar surface area (TPSA) is 166 Å². The molecule has 0 aliphatic carbocycles. The second kappa shape index (κ2) is 41.0. The fraction of sp³-hybridized carbons (Fsp3) is 0. The van der Waals surface area contributed by atoms with E-state index >= 15 is 0 Å². The van der Waals surface area contributed by atoms with Gasteiger partial charge < -0.3 is 14.7 Å². The second-order valence-corrected chi connectivity index (χ2v) is 29.7. The molecule has 0 aliphatic rings. The van der Waals surface area contributed by atoms with Crippen LogP contribution in [-0.2, 0) is 20.1 Å². The third-order valence-electron chi connectivity index (χ3n) is 20.2. The fourth-order valence-electron chi connectivity index (χ4n) is 14.5. The third kappa shape index (κ3) is 19.7. The molecule has 16 aromatic carbocycles. The van der Waals surface area contributed by atoms with Crippen molar-refractivity contribution in [1.82, 2.24) is 54.5 Å². The Labute approximate surface area is 749 Å². The van der Waals surface area contributed by atoms with Crippen LogP contribution < -0.4 is 5.73 Å². The average Bonchev–Trinajstić information content (AvgIpc) is 1.55. The molecule has 20 aromatic rings. The summed E-state index contributed by atoms with van der Waals surface area (Å²) in [4.78, 5) is 7.11. The molecule has 0 amide bonds. The first-order valence-corrected chi connectivity index (χ1v) is 40.9. The van der Waals surface area contributed by atoms with Crippen molar-refractivity contribution in [2.24, 2.45) is 0 Å². The molecule has 0 spiro atoms. The van der Waals surface area contributed by atoms with E-state index in [0.717, 1.165) is 149 Å². The van der Waals surface area contributed by atoms with Crippen molar-refractivity contribution in [1.29, 1.82) is 0 Å². The van der Waals surface area contributed by atoms with Gasteiger partial charge in [-0.3, -0.25) is 14.0 Å². The molecule has 1 radical (unpaired) electrons. The molecule has 0 fully saturated rings. The predicted octanol–water partition coefficient (Wildman–Crippen LogP) is 27.6. The molecule has 597 valence electrons. The summed E-state index contributed by atoms with van der Waals surface area (Å²) < 4.78 is 13.1. The van der Waals surface area contributed by atoms with E-state index in [1.165, 1.54) is 6.39 Å². The smallest absolute Gasteiger partial charge is 0.247 e. The maximum atomic E-state index is 7.36. The number of hydrogen-bond acceptors (Lipinski definition) is 10. The number of rotatable bonds is 15. The van der Waals surface area contributed by atoms with Crippen molar-refractivity contribution in [3.63, 3.8) is 0 Å². The number of hydrogen-bond donors (Lipinski definition) is 1. The van der Waals surface area contributed by atoms with Gasteiger partial charge in [0.15, 0.2) is 17.3 Å². The fourth-order valence-corrected chi connectivity index (χ4v) is 15.3. The van der Waals surface area contributed by atoms with E-state index < -0.39 is 0 Å². The zero-order chi connectivity index (χ0) is 83.9. The molecule has 0 atom stereocenters.